The van der Waals surface area contributed by atoms with Gasteiger partial charge in [-0.3, -0.25) is 9.69 Å². The Balaban J connectivity index is 1.61. The molecule has 0 bridgehead atoms. The molecule has 0 aromatic heterocycles. The molecule has 0 radical (unpaired) electrons. The number of amides is 1. The summed E-state index contributed by atoms with van der Waals surface area (Å²) in [5.74, 6) is -0.0759. The molecule has 7 heteroatoms. The van der Waals surface area contributed by atoms with Crippen LogP contribution in [0.4, 0.5) is 5.69 Å². The summed E-state index contributed by atoms with van der Waals surface area (Å²) < 4.78 is 27.0. The smallest absolute Gasteiger partial charge is 0.243 e. The van der Waals surface area contributed by atoms with E-state index in [1.807, 2.05) is 43.9 Å². The summed E-state index contributed by atoms with van der Waals surface area (Å²) in [5.41, 5.74) is 2.93. The lowest BCUT2D eigenvalue weighted by atomic mass is 10.1. The highest BCUT2D eigenvalue weighted by atomic mass is 32.2. The molecule has 1 saturated heterocycles. The average molecular weight is 402 g/mol. The quantitative estimate of drug-likeness (QED) is 0.836. The van der Waals surface area contributed by atoms with Crippen molar-refractivity contribution in [2.45, 2.75) is 31.7 Å². The Hall–Kier alpha value is -2.22. The van der Waals surface area contributed by atoms with Crippen molar-refractivity contribution in [1.82, 2.24) is 9.21 Å². The number of rotatable bonds is 5. The molecule has 2 aromatic carbocycles. The minimum Gasteiger partial charge on any atom is -0.324 e. The molecule has 150 valence electrons. The molecule has 0 saturated carbocycles. The van der Waals surface area contributed by atoms with Gasteiger partial charge in [0.25, 0.3) is 0 Å². The molecule has 3 rings (SSSR count). The summed E-state index contributed by atoms with van der Waals surface area (Å²) in [6, 6.07) is 14.1. The highest BCUT2D eigenvalue weighted by molar-refractivity contribution is 7.89. The molecule has 28 heavy (non-hydrogen) atoms. The number of anilines is 1. The first-order valence-electron chi connectivity index (χ1n) is 9.46. The molecule has 1 amide bonds. The molecule has 0 unspecified atom stereocenters. The lowest BCUT2D eigenvalue weighted by molar-refractivity contribution is -0.121. The van der Waals surface area contributed by atoms with Crippen LogP contribution in [0.3, 0.4) is 0 Å². The third kappa shape index (κ3) is 4.43. The Kier molecular flexibility index (Phi) is 6.17. The first-order valence-corrected chi connectivity index (χ1v) is 10.9. The fraction of sp³-hybridized carbons (Fsp3) is 0.381. The van der Waals surface area contributed by atoms with Gasteiger partial charge >= 0.3 is 0 Å². The van der Waals surface area contributed by atoms with Gasteiger partial charge in [-0.05, 0) is 50.1 Å². The highest BCUT2D eigenvalue weighted by Gasteiger charge is 2.31. The maximum absolute atomic E-state index is 12.7. The van der Waals surface area contributed by atoms with E-state index in [0.29, 0.717) is 31.1 Å². The Morgan fingerprint density at radius 2 is 1.64 bits per heavy atom. The number of sulfonamides is 1. The Morgan fingerprint density at radius 1 is 1.00 bits per heavy atom. The number of nitrogens with one attached hydrogen (secondary N) is 1. The first kappa shape index (κ1) is 20.5. The van der Waals surface area contributed by atoms with Gasteiger partial charge in [0, 0.05) is 31.9 Å². The molecule has 1 aliphatic rings. The zero-order valence-corrected chi connectivity index (χ0v) is 17.4. The van der Waals surface area contributed by atoms with E-state index < -0.39 is 10.0 Å². The highest BCUT2D eigenvalue weighted by Crippen LogP contribution is 2.20. The number of piperazine rings is 1. The third-order valence-electron chi connectivity index (χ3n) is 5.23. The molecule has 0 aliphatic carbocycles. The second kappa shape index (κ2) is 8.43. The third-order valence-corrected chi connectivity index (χ3v) is 7.15. The molecule has 1 fully saturated rings. The van der Waals surface area contributed by atoms with E-state index in [4.69, 9.17) is 0 Å². The number of carbonyl (C=O) groups excluding carboxylic acids is 1. The van der Waals surface area contributed by atoms with Crippen molar-refractivity contribution >= 4 is 21.6 Å². The number of hydrogen-bond acceptors (Lipinski definition) is 4. The van der Waals surface area contributed by atoms with Crippen LogP contribution in [-0.4, -0.2) is 55.8 Å². The Labute approximate surface area is 167 Å². The lowest BCUT2D eigenvalue weighted by Crippen LogP contribution is -2.53. The standard InChI is InChI=1S/C21H27N3O3S/c1-16-9-10-17(2)20(15-16)22-21(25)18(3)23-11-13-24(14-12-23)28(26,27)19-7-5-4-6-8-19/h4-10,15,18H,11-14H2,1-3H3,(H,22,25)/t18-/m0/s1. The largest absolute Gasteiger partial charge is 0.324 e. The maximum atomic E-state index is 12.7. The maximum Gasteiger partial charge on any atom is 0.243 e. The molecule has 1 N–H and O–H groups in total. The van der Waals surface area contributed by atoms with E-state index in [1.165, 1.54) is 4.31 Å². The topological polar surface area (TPSA) is 69.7 Å². The molecule has 2 aromatic rings. The first-order chi connectivity index (χ1) is 13.3. The van der Waals surface area contributed by atoms with Crippen molar-refractivity contribution in [3.8, 4) is 0 Å². The van der Waals surface area contributed by atoms with Crippen molar-refractivity contribution < 1.29 is 13.2 Å². The van der Waals surface area contributed by atoms with E-state index in [-0.39, 0.29) is 11.9 Å². The van der Waals surface area contributed by atoms with Crippen molar-refractivity contribution in [1.29, 1.82) is 0 Å². The van der Waals surface area contributed by atoms with Crippen LogP contribution in [0.25, 0.3) is 0 Å². The summed E-state index contributed by atoms with van der Waals surface area (Å²) in [5, 5.41) is 3.00. The second-order valence-electron chi connectivity index (χ2n) is 7.24. The van der Waals surface area contributed by atoms with Gasteiger partial charge in [0.15, 0.2) is 0 Å². The molecule has 1 atom stereocenters. The van der Waals surface area contributed by atoms with E-state index in [2.05, 4.69) is 5.32 Å². The van der Waals surface area contributed by atoms with Crippen molar-refractivity contribution in [3.05, 3.63) is 59.7 Å². The fourth-order valence-corrected chi connectivity index (χ4v) is 4.79. The van der Waals surface area contributed by atoms with Crippen LogP contribution in [0.15, 0.2) is 53.4 Å². The van der Waals surface area contributed by atoms with E-state index >= 15 is 0 Å². The fourth-order valence-electron chi connectivity index (χ4n) is 3.35. The van der Waals surface area contributed by atoms with Crippen LogP contribution >= 0.6 is 0 Å². The second-order valence-corrected chi connectivity index (χ2v) is 9.17. The van der Waals surface area contributed by atoms with Gasteiger partial charge in [0.1, 0.15) is 0 Å². The average Bonchev–Trinajstić information content (AvgIpc) is 2.71. The summed E-state index contributed by atoms with van der Waals surface area (Å²) in [6.07, 6.45) is 0. The van der Waals surface area contributed by atoms with Crippen LogP contribution in [0.5, 0.6) is 0 Å². The van der Waals surface area contributed by atoms with Gasteiger partial charge in [0.05, 0.1) is 10.9 Å². The molecular formula is C21H27N3O3S. The molecule has 6 nitrogen and oxygen atoms in total. The molecule has 1 aliphatic heterocycles. The van der Waals surface area contributed by atoms with Crippen LogP contribution in [0.1, 0.15) is 18.1 Å². The number of hydrogen-bond donors (Lipinski definition) is 1. The minimum absolute atomic E-state index is 0.0759. The van der Waals surface area contributed by atoms with E-state index in [1.54, 1.807) is 30.3 Å². The predicted molar refractivity (Wildman–Crippen MR) is 111 cm³/mol. The number of carbonyl (C=O) groups is 1. The summed E-state index contributed by atoms with van der Waals surface area (Å²) in [4.78, 5) is 15.0. The van der Waals surface area contributed by atoms with Crippen LogP contribution in [-0.2, 0) is 14.8 Å². The Morgan fingerprint density at radius 3 is 2.29 bits per heavy atom. The Bertz CT molecular complexity index is 937. The normalized spacial score (nSPS) is 17.2. The predicted octanol–water partition coefficient (Wildman–Crippen LogP) is 2.64. The summed E-state index contributed by atoms with van der Waals surface area (Å²) in [6.45, 7) is 7.61. The summed E-state index contributed by atoms with van der Waals surface area (Å²) >= 11 is 0. The zero-order chi connectivity index (χ0) is 20.3. The van der Waals surface area contributed by atoms with Crippen molar-refractivity contribution in [2.24, 2.45) is 0 Å². The van der Waals surface area contributed by atoms with E-state index in [9.17, 15) is 13.2 Å². The van der Waals surface area contributed by atoms with Gasteiger partial charge < -0.3 is 5.32 Å². The minimum atomic E-state index is -3.48. The van der Waals surface area contributed by atoms with Gasteiger partial charge in [-0.2, -0.15) is 4.31 Å². The van der Waals surface area contributed by atoms with Crippen LogP contribution in [0, 0.1) is 13.8 Å². The van der Waals surface area contributed by atoms with E-state index in [0.717, 1.165) is 16.8 Å². The van der Waals surface area contributed by atoms with Crippen LogP contribution in [0.2, 0.25) is 0 Å². The molecule has 0 spiro atoms. The van der Waals surface area contributed by atoms with Gasteiger partial charge in [-0.1, -0.05) is 30.3 Å². The lowest BCUT2D eigenvalue weighted by Gasteiger charge is -2.36. The monoisotopic (exact) mass is 401 g/mol. The van der Waals surface area contributed by atoms with Crippen molar-refractivity contribution in [3.63, 3.8) is 0 Å². The number of aryl methyl sites for hydroxylation is 2. The van der Waals surface area contributed by atoms with Gasteiger partial charge in [-0.15, -0.1) is 0 Å². The number of benzene rings is 2. The molecule has 1 heterocycles. The van der Waals surface area contributed by atoms with Gasteiger partial charge in [0.2, 0.25) is 15.9 Å². The van der Waals surface area contributed by atoms with Gasteiger partial charge in [-0.25, -0.2) is 8.42 Å². The van der Waals surface area contributed by atoms with Crippen LogP contribution < -0.4 is 5.32 Å². The SMILES string of the molecule is Cc1ccc(C)c(NC(=O)[C@H](C)N2CCN(S(=O)(=O)c3ccccc3)CC2)c1. The summed E-state index contributed by atoms with van der Waals surface area (Å²) in [7, 11) is -3.48. The molecular weight excluding hydrogens is 374 g/mol. The number of nitrogens with zero attached hydrogens (tertiary/aromatic N) is 2. The zero-order valence-electron chi connectivity index (χ0n) is 16.6. The van der Waals surface area contributed by atoms with Crippen molar-refractivity contribution in [2.75, 3.05) is 31.5 Å².